The monoisotopic (exact) mass is 307 g/mol. The lowest BCUT2D eigenvalue weighted by Crippen LogP contribution is -2.32. The zero-order valence-corrected chi connectivity index (χ0v) is 13.3. The van der Waals surface area contributed by atoms with E-state index < -0.39 is 0 Å². The van der Waals surface area contributed by atoms with Gasteiger partial charge in [0.1, 0.15) is 0 Å². The number of carbonyl (C=O) groups excluding carboxylic acids is 1. The highest BCUT2D eigenvalue weighted by molar-refractivity contribution is 6.31. The van der Waals surface area contributed by atoms with Gasteiger partial charge < -0.3 is 15.2 Å². The van der Waals surface area contributed by atoms with Crippen LogP contribution in [0.1, 0.15) is 25.8 Å². The van der Waals surface area contributed by atoms with E-state index in [2.05, 4.69) is 10.3 Å². The number of nitrogens with zero attached hydrogens (tertiary/aromatic N) is 1. The molecule has 1 aromatic heterocycles. The SMILES string of the molecule is CCN(CC)C(=O)CCNCc1c[nH]c2cc(Cl)ccc12. The van der Waals surface area contributed by atoms with Gasteiger partial charge in [0.2, 0.25) is 5.91 Å². The highest BCUT2D eigenvalue weighted by atomic mass is 35.5. The number of carbonyl (C=O) groups is 1. The van der Waals surface area contributed by atoms with Crippen molar-refractivity contribution in [2.45, 2.75) is 26.8 Å². The molecule has 2 N–H and O–H groups in total. The van der Waals surface area contributed by atoms with E-state index in [4.69, 9.17) is 11.6 Å². The van der Waals surface area contributed by atoms with Gasteiger partial charge in [-0.25, -0.2) is 0 Å². The van der Waals surface area contributed by atoms with Gasteiger partial charge in [-0.3, -0.25) is 4.79 Å². The molecule has 5 heteroatoms. The minimum Gasteiger partial charge on any atom is -0.361 e. The summed E-state index contributed by atoms with van der Waals surface area (Å²) in [5.74, 6) is 0.207. The van der Waals surface area contributed by atoms with E-state index in [1.165, 1.54) is 10.9 Å². The molecule has 1 amide bonds. The first-order valence-corrected chi connectivity index (χ1v) is 7.77. The fourth-order valence-electron chi connectivity index (χ4n) is 2.46. The van der Waals surface area contributed by atoms with Crippen molar-refractivity contribution in [3.05, 3.63) is 35.0 Å². The van der Waals surface area contributed by atoms with Crippen LogP contribution in [0.15, 0.2) is 24.4 Å². The van der Waals surface area contributed by atoms with Crippen molar-refractivity contribution < 1.29 is 4.79 Å². The smallest absolute Gasteiger partial charge is 0.223 e. The molecule has 0 fully saturated rings. The van der Waals surface area contributed by atoms with Crippen LogP contribution in [0.3, 0.4) is 0 Å². The van der Waals surface area contributed by atoms with Crippen molar-refractivity contribution in [2.24, 2.45) is 0 Å². The van der Waals surface area contributed by atoms with Gasteiger partial charge in [0.15, 0.2) is 0 Å². The van der Waals surface area contributed by atoms with Crippen LogP contribution < -0.4 is 5.32 Å². The van der Waals surface area contributed by atoms with Crippen molar-refractivity contribution in [1.82, 2.24) is 15.2 Å². The molecule has 0 aliphatic rings. The molecule has 114 valence electrons. The third-order valence-electron chi connectivity index (χ3n) is 3.68. The molecule has 0 radical (unpaired) electrons. The summed E-state index contributed by atoms with van der Waals surface area (Å²) in [6.45, 7) is 7.00. The molecule has 4 nitrogen and oxygen atoms in total. The number of aromatic amines is 1. The molecule has 0 spiro atoms. The quantitative estimate of drug-likeness (QED) is 0.772. The Labute approximate surface area is 130 Å². The van der Waals surface area contributed by atoms with Gasteiger partial charge in [-0.05, 0) is 31.5 Å². The Bertz CT molecular complexity index is 605. The third kappa shape index (κ3) is 3.99. The van der Waals surface area contributed by atoms with E-state index in [0.29, 0.717) is 13.0 Å². The van der Waals surface area contributed by atoms with Crippen molar-refractivity contribution in [2.75, 3.05) is 19.6 Å². The third-order valence-corrected chi connectivity index (χ3v) is 3.91. The maximum absolute atomic E-state index is 11.9. The molecule has 1 aromatic carbocycles. The fraction of sp³-hybridized carbons (Fsp3) is 0.438. The largest absolute Gasteiger partial charge is 0.361 e. The summed E-state index contributed by atoms with van der Waals surface area (Å²) in [5, 5.41) is 5.23. The molecular formula is C16H22ClN3O. The number of hydrogen-bond donors (Lipinski definition) is 2. The van der Waals surface area contributed by atoms with Crippen LogP contribution in [0.2, 0.25) is 5.02 Å². The lowest BCUT2D eigenvalue weighted by molar-refractivity contribution is -0.130. The van der Waals surface area contributed by atoms with Gasteiger partial charge in [-0.15, -0.1) is 0 Å². The van der Waals surface area contributed by atoms with Crippen LogP contribution in [0.4, 0.5) is 0 Å². The maximum atomic E-state index is 11.9. The van der Waals surface area contributed by atoms with Gasteiger partial charge in [0.05, 0.1) is 0 Å². The normalized spacial score (nSPS) is 11.0. The summed E-state index contributed by atoms with van der Waals surface area (Å²) in [4.78, 5) is 17.0. The Morgan fingerprint density at radius 3 is 2.81 bits per heavy atom. The van der Waals surface area contributed by atoms with Gasteiger partial charge in [0.25, 0.3) is 0 Å². The summed E-state index contributed by atoms with van der Waals surface area (Å²) in [5.41, 5.74) is 2.23. The van der Waals surface area contributed by atoms with Crippen molar-refractivity contribution >= 4 is 28.4 Å². The molecule has 2 rings (SSSR count). The fourth-order valence-corrected chi connectivity index (χ4v) is 2.63. The van der Waals surface area contributed by atoms with Crippen LogP contribution in [-0.2, 0) is 11.3 Å². The second-order valence-electron chi connectivity index (χ2n) is 5.00. The van der Waals surface area contributed by atoms with Gasteiger partial charge in [0, 0.05) is 54.7 Å². The lowest BCUT2D eigenvalue weighted by atomic mass is 10.2. The highest BCUT2D eigenvalue weighted by Crippen LogP contribution is 2.21. The molecule has 0 aliphatic heterocycles. The minimum atomic E-state index is 0.207. The Morgan fingerprint density at radius 2 is 2.10 bits per heavy atom. The summed E-state index contributed by atoms with van der Waals surface area (Å²) >= 11 is 5.97. The first kappa shape index (κ1) is 15.9. The molecular weight excluding hydrogens is 286 g/mol. The Morgan fingerprint density at radius 1 is 1.33 bits per heavy atom. The summed E-state index contributed by atoms with van der Waals surface area (Å²) in [7, 11) is 0. The van der Waals surface area contributed by atoms with Crippen LogP contribution >= 0.6 is 11.6 Å². The van der Waals surface area contributed by atoms with Gasteiger partial charge in [-0.2, -0.15) is 0 Å². The Kier molecular flexibility index (Phi) is 5.65. The minimum absolute atomic E-state index is 0.207. The summed E-state index contributed by atoms with van der Waals surface area (Å²) < 4.78 is 0. The van der Waals surface area contributed by atoms with Crippen LogP contribution in [-0.4, -0.2) is 35.4 Å². The summed E-state index contributed by atoms with van der Waals surface area (Å²) in [6, 6.07) is 5.83. The van der Waals surface area contributed by atoms with E-state index in [-0.39, 0.29) is 5.91 Å². The zero-order chi connectivity index (χ0) is 15.2. The topological polar surface area (TPSA) is 48.1 Å². The average Bonchev–Trinajstić information content (AvgIpc) is 2.87. The average molecular weight is 308 g/mol. The first-order chi connectivity index (χ1) is 10.2. The number of halogens is 1. The van der Waals surface area contributed by atoms with E-state index in [9.17, 15) is 4.79 Å². The number of H-pyrrole nitrogens is 1. The van der Waals surface area contributed by atoms with Crippen molar-refractivity contribution in [3.8, 4) is 0 Å². The molecule has 2 aromatic rings. The molecule has 0 aliphatic carbocycles. The molecule has 0 bridgehead atoms. The van der Waals surface area contributed by atoms with E-state index in [1.54, 1.807) is 0 Å². The van der Waals surface area contributed by atoms with Crippen LogP contribution in [0.25, 0.3) is 10.9 Å². The van der Waals surface area contributed by atoms with Crippen molar-refractivity contribution in [1.29, 1.82) is 0 Å². The first-order valence-electron chi connectivity index (χ1n) is 7.39. The predicted octanol–water partition coefficient (Wildman–Crippen LogP) is 3.17. The van der Waals surface area contributed by atoms with E-state index in [1.807, 2.05) is 43.1 Å². The van der Waals surface area contributed by atoms with Gasteiger partial charge in [-0.1, -0.05) is 17.7 Å². The number of rotatable bonds is 7. The molecule has 0 atom stereocenters. The Balaban J connectivity index is 1.84. The van der Waals surface area contributed by atoms with Crippen LogP contribution in [0, 0.1) is 0 Å². The number of amides is 1. The standard InChI is InChI=1S/C16H22ClN3O/c1-3-20(4-2)16(21)7-8-18-10-12-11-19-15-9-13(17)5-6-14(12)15/h5-6,9,11,18-19H,3-4,7-8,10H2,1-2H3. The molecule has 0 saturated carbocycles. The second kappa shape index (κ2) is 7.48. The van der Waals surface area contributed by atoms with Crippen molar-refractivity contribution in [3.63, 3.8) is 0 Å². The number of nitrogens with one attached hydrogen (secondary N) is 2. The molecule has 21 heavy (non-hydrogen) atoms. The van der Waals surface area contributed by atoms with Gasteiger partial charge >= 0.3 is 0 Å². The summed E-state index contributed by atoms with van der Waals surface area (Å²) in [6.07, 6.45) is 2.52. The molecule has 0 unspecified atom stereocenters. The second-order valence-corrected chi connectivity index (χ2v) is 5.43. The zero-order valence-electron chi connectivity index (χ0n) is 12.6. The molecule has 0 saturated heterocycles. The highest BCUT2D eigenvalue weighted by Gasteiger charge is 2.09. The maximum Gasteiger partial charge on any atom is 0.223 e. The molecule has 1 heterocycles. The number of fused-ring (bicyclic) bond motifs is 1. The van der Waals surface area contributed by atoms with Crippen LogP contribution in [0.5, 0.6) is 0 Å². The Hall–Kier alpha value is -1.52. The van der Waals surface area contributed by atoms with E-state index >= 15 is 0 Å². The number of benzene rings is 1. The van der Waals surface area contributed by atoms with E-state index in [0.717, 1.165) is 30.2 Å². The number of aromatic nitrogens is 1. The number of hydrogen-bond acceptors (Lipinski definition) is 2. The lowest BCUT2D eigenvalue weighted by Gasteiger charge is -2.18. The predicted molar refractivity (Wildman–Crippen MR) is 87.6 cm³/mol.